The molecule has 0 atom stereocenters. The maximum Gasteiger partial charge on any atom is 0.272 e. The summed E-state index contributed by atoms with van der Waals surface area (Å²) in [5.41, 5.74) is 1.19. The van der Waals surface area contributed by atoms with Crippen molar-refractivity contribution in [2.75, 3.05) is 25.0 Å². The van der Waals surface area contributed by atoms with E-state index in [0.29, 0.717) is 5.69 Å². The zero-order valence-corrected chi connectivity index (χ0v) is 16.3. The smallest absolute Gasteiger partial charge is 0.272 e. The molecule has 0 aromatic carbocycles. The van der Waals surface area contributed by atoms with Gasteiger partial charge in [-0.05, 0) is 18.2 Å². The zero-order valence-electron chi connectivity index (χ0n) is 16.3. The summed E-state index contributed by atoms with van der Waals surface area (Å²) < 4.78 is 3.41. The van der Waals surface area contributed by atoms with Gasteiger partial charge in [0.05, 0.1) is 6.04 Å². The average Bonchev–Trinajstić information content (AvgIpc) is 3.17. The molecule has 27 heavy (non-hydrogen) atoms. The van der Waals surface area contributed by atoms with Crippen molar-refractivity contribution in [1.29, 1.82) is 0 Å². The fourth-order valence-corrected chi connectivity index (χ4v) is 3.23. The molecule has 0 radical (unpaired) electrons. The quantitative estimate of drug-likeness (QED) is 0.689. The maximum absolute atomic E-state index is 12.6. The number of hydrogen-bond donors (Lipinski definition) is 0. The Balaban J connectivity index is 1.49. The van der Waals surface area contributed by atoms with Crippen molar-refractivity contribution in [3.05, 3.63) is 35.9 Å². The SMILES string of the molecule is CN(C(=O)c1ccnn1C)C1CN(c2ccc3nnc(C(C)(C)C)n3n2)C1. The van der Waals surface area contributed by atoms with Crippen LogP contribution in [-0.2, 0) is 12.5 Å². The second-order valence-electron chi connectivity index (χ2n) is 8.05. The topological polar surface area (TPSA) is 84.5 Å². The second-order valence-corrected chi connectivity index (χ2v) is 8.05. The molecule has 4 rings (SSSR count). The van der Waals surface area contributed by atoms with Crippen molar-refractivity contribution in [2.45, 2.75) is 32.2 Å². The predicted octanol–water partition coefficient (Wildman–Crippen LogP) is 1.12. The molecule has 1 aliphatic rings. The molecule has 4 heterocycles. The molecular formula is C18H24N8O. The van der Waals surface area contributed by atoms with E-state index in [0.717, 1.165) is 30.4 Å². The van der Waals surface area contributed by atoms with E-state index in [-0.39, 0.29) is 17.4 Å². The van der Waals surface area contributed by atoms with Gasteiger partial charge in [-0.3, -0.25) is 9.48 Å². The van der Waals surface area contributed by atoms with Gasteiger partial charge in [-0.2, -0.15) is 9.61 Å². The summed E-state index contributed by atoms with van der Waals surface area (Å²) in [4.78, 5) is 16.5. The van der Waals surface area contributed by atoms with Crippen molar-refractivity contribution in [3.63, 3.8) is 0 Å². The summed E-state index contributed by atoms with van der Waals surface area (Å²) >= 11 is 0. The number of anilines is 1. The summed E-state index contributed by atoms with van der Waals surface area (Å²) in [7, 11) is 3.62. The van der Waals surface area contributed by atoms with Crippen LogP contribution in [0.1, 0.15) is 37.1 Å². The fraction of sp³-hybridized carbons (Fsp3) is 0.500. The van der Waals surface area contributed by atoms with E-state index in [1.807, 2.05) is 23.7 Å². The minimum atomic E-state index is -0.141. The number of carbonyl (C=O) groups excluding carboxylic acids is 1. The summed E-state index contributed by atoms with van der Waals surface area (Å²) in [6.45, 7) is 7.76. The lowest BCUT2D eigenvalue weighted by Crippen LogP contribution is -2.60. The first-order valence-corrected chi connectivity index (χ1v) is 8.99. The van der Waals surface area contributed by atoms with Crippen LogP contribution in [0.4, 0.5) is 5.82 Å². The summed E-state index contributed by atoms with van der Waals surface area (Å²) in [6.07, 6.45) is 1.64. The van der Waals surface area contributed by atoms with Crippen molar-refractivity contribution in [3.8, 4) is 0 Å². The number of amides is 1. The van der Waals surface area contributed by atoms with Gasteiger partial charge in [-0.15, -0.1) is 15.3 Å². The molecule has 0 unspecified atom stereocenters. The molecule has 3 aromatic rings. The van der Waals surface area contributed by atoms with Gasteiger partial charge >= 0.3 is 0 Å². The Morgan fingerprint density at radius 3 is 2.56 bits per heavy atom. The second kappa shape index (κ2) is 6.04. The van der Waals surface area contributed by atoms with Crippen LogP contribution in [0.3, 0.4) is 0 Å². The lowest BCUT2D eigenvalue weighted by atomic mass is 9.96. The van der Waals surface area contributed by atoms with Crippen molar-refractivity contribution >= 4 is 17.4 Å². The predicted molar refractivity (Wildman–Crippen MR) is 101 cm³/mol. The standard InChI is InChI=1S/C18H24N8O/c1-18(2,3)17-21-20-14-6-7-15(22-26(14)17)25-10-12(11-25)23(4)16(27)13-8-9-19-24(13)5/h6-9,12H,10-11H2,1-5H3. The Kier molecular flexibility index (Phi) is 3.90. The Hall–Kier alpha value is -2.97. The van der Waals surface area contributed by atoms with Crippen molar-refractivity contribution in [2.24, 2.45) is 7.05 Å². The Morgan fingerprint density at radius 1 is 1.19 bits per heavy atom. The van der Waals surface area contributed by atoms with Crippen LogP contribution in [0.2, 0.25) is 0 Å². The molecule has 0 aliphatic carbocycles. The minimum absolute atomic E-state index is 0.0168. The Morgan fingerprint density at radius 2 is 1.93 bits per heavy atom. The van der Waals surface area contributed by atoms with Gasteiger partial charge in [-0.25, -0.2) is 0 Å². The van der Waals surface area contributed by atoms with E-state index in [2.05, 4.69) is 41.0 Å². The minimum Gasteiger partial charge on any atom is -0.351 e. The molecular weight excluding hydrogens is 344 g/mol. The third-order valence-electron chi connectivity index (χ3n) is 5.01. The van der Waals surface area contributed by atoms with Gasteiger partial charge in [0.15, 0.2) is 11.5 Å². The van der Waals surface area contributed by atoms with Crippen LogP contribution < -0.4 is 4.90 Å². The van der Waals surface area contributed by atoms with E-state index in [1.54, 1.807) is 28.9 Å². The van der Waals surface area contributed by atoms with Crippen molar-refractivity contribution in [1.82, 2.24) is 34.5 Å². The first-order chi connectivity index (χ1) is 12.8. The third-order valence-corrected chi connectivity index (χ3v) is 5.01. The lowest BCUT2D eigenvalue weighted by Gasteiger charge is -2.44. The highest BCUT2D eigenvalue weighted by atomic mass is 16.2. The molecule has 9 nitrogen and oxygen atoms in total. The van der Waals surface area contributed by atoms with E-state index in [4.69, 9.17) is 5.10 Å². The molecule has 0 saturated carbocycles. The number of aromatic nitrogens is 6. The zero-order chi connectivity index (χ0) is 19.3. The molecule has 0 N–H and O–H groups in total. The van der Waals surface area contributed by atoms with E-state index in [9.17, 15) is 4.79 Å². The van der Waals surface area contributed by atoms with E-state index >= 15 is 0 Å². The molecule has 3 aromatic heterocycles. The number of fused-ring (bicyclic) bond motifs is 1. The van der Waals surface area contributed by atoms with Gasteiger partial charge < -0.3 is 9.80 Å². The fourth-order valence-electron chi connectivity index (χ4n) is 3.23. The summed E-state index contributed by atoms with van der Waals surface area (Å²) in [5, 5.41) is 17.3. The number of hydrogen-bond acceptors (Lipinski definition) is 6. The first kappa shape index (κ1) is 17.4. The molecule has 1 aliphatic heterocycles. The van der Waals surface area contributed by atoms with Gasteiger partial charge in [-0.1, -0.05) is 20.8 Å². The number of carbonyl (C=O) groups is 1. The monoisotopic (exact) mass is 368 g/mol. The van der Waals surface area contributed by atoms with Crippen LogP contribution in [0, 0.1) is 0 Å². The van der Waals surface area contributed by atoms with E-state index < -0.39 is 0 Å². The lowest BCUT2D eigenvalue weighted by molar-refractivity contribution is 0.0694. The molecule has 1 saturated heterocycles. The van der Waals surface area contributed by atoms with E-state index in [1.165, 1.54) is 0 Å². The van der Waals surface area contributed by atoms with Gasteiger partial charge in [0.1, 0.15) is 11.5 Å². The largest absolute Gasteiger partial charge is 0.351 e. The highest BCUT2D eigenvalue weighted by molar-refractivity contribution is 5.92. The number of likely N-dealkylation sites (N-methyl/N-ethyl adjacent to an activating group) is 1. The number of nitrogens with zero attached hydrogens (tertiary/aromatic N) is 8. The average molecular weight is 368 g/mol. The van der Waals surface area contributed by atoms with Gasteiger partial charge in [0.2, 0.25) is 0 Å². The highest BCUT2D eigenvalue weighted by Crippen LogP contribution is 2.25. The molecule has 0 bridgehead atoms. The normalized spacial score (nSPS) is 15.2. The van der Waals surface area contributed by atoms with Crippen LogP contribution in [-0.4, -0.2) is 66.6 Å². The Bertz CT molecular complexity index is 992. The van der Waals surface area contributed by atoms with Crippen molar-refractivity contribution < 1.29 is 4.79 Å². The third kappa shape index (κ3) is 2.92. The molecule has 142 valence electrons. The molecule has 0 spiro atoms. The maximum atomic E-state index is 12.6. The van der Waals surface area contributed by atoms with Gasteiger partial charge in [0.25, 0.3) is 5.91 Å². The highest BCUT2D eigenvalue weighted by Gasteiger charge is 2.34. The summed E-state index contributed by atoms with van der Waals surface area (Å²) in [5.74, 6) is 1.68. The van der Waals surface area contributed by atoms with Gasteiger partial charge in [0, 0.05) is 38.8 Å². The first-order valence-electron chi connectivity index (χ1n) is 8.99. The number of aryl methyl sites for hydroxylation is 1. The number of rotatable bonds is 3. The van der Waals surface area contributed by atoms with Crippen LogP contribution in [0.15, 0.2) is 24.4 Å². The van der Waals surface area contributed by atoms with Crippen LogP contribution >= 0.6 is 0 Å². The molecule has 9 heteroatoms. The van der Waals surface area contributed by atoms with Crippen LogP contribution in [0.25, 0.3) is 5.65 Å². The molecule has 1 fully saturated rings. The van der Waals surface area contributed by atoms with Crippen LogP contribution in [0.5, 0.6) is 0 Å². The molecule has 1 amide bonds. The Labute approximate surface area is 157 Å². The summed E-state index contributed by atoms with van der Waals surface area (Å²) in [6, 6.07) is 5.77.